The van der Waals surface area contributed by atoms with E-state index < -0.39 is 17.6 Å². The van der Waals surface area contributed by atoms with E-state index in [0.29, 0.717) is 13.0 Å². The average molecular weight is 245 g/mol. The Balaban J connectivity index is 2.38. The van der Waals surface area contributed by atoms with Crippen molar-refractivity contribution >= 4 is 0 Å². The summed E-state index contributed by atoms with van der Waals surface area (Å²) in [6, 6.07) is 3.00. The van der Waals surface area contributed by atoms with Crippen LogP contribution in [-0.4, -0.2) is 6.54 Å². The number of hydrogen-bond acceptors (Lipinski definition) is 1. The summed E-state index contributed by atoms with van der Waals surface area (Å²) >= 11 is 0. The first kappa shape index (κ1) is 12.1. The van der Waals surface area contributed by atoms with Gasteiger partial charge in [0, 0.05) is 18.2 Å². The van der Waals surface area contributed by atoms with Crippen LogP contribution in [0.2, 0.25) is 0 Å². The first-order chi connectivity index (χ1) is 8.00. The van der Waals surface area contributed by atoms with Crippen LogP contribution >= 0.6 is 0 Å². The number of alkyl halides is 3. The summed E-state index contributed by atoms with van der Waals surface area (Å²) in [4.78, 5) is 0. The topological polar surface area (TPSA) is 12.0 Å². The molecule has 2 rings (SSSR count). The molecule has 0 bridgehead atoms. The highest BCUT2D eigenvalue weighted by Crippen LogP contribution is 2.34. The van der Waals surface area contributed by atoms with Crippen LogP contribution in [0.25, 0.3) is 0 Å². The molecule has 0 amide bonds. The molecule has 0 aromatic heterocycles. The number of hydrogen-bond donors (Lipinski definition) is 1. The fourth-order valence-corrected chi connectivity index (χ4v) is 1.88. The van der Waals surface area contributed by atoms with E-state index in [-0.39, 0.29) is 11.6 Å². The molecule has 1 heterocycles. The predicted octanol–water partition coefficient (Wildman–Crippen LogP) is 3.44. The van der Waals surface area contributed by atoms with Crippen molar-refractivity contribution in [3.8, 4) is 0 Å². The molecule has 1 unspecified atom stereocenters. The molecule has 0 spiro atoms. The van der Waals surface area contributed by atoms with Crippen LogP contribution in [0.1, 0.15) is 23.6 Å². The van der Waals surface area contributed by atoms with Crippen LogP contribution in [-0.2, 0) is 6.18 Å². The van der Waals surface area contributed by atoms with Crippen molar-refractivity contribution < 1.29 is 17.6 Å². The number of nitrogens with one attached hydrogen (secondary N) is 1. The van der Waals surface area contributed by atoms with Gasteiger partial charge in [0.25, 0.3) is 0 Å². The Bertz CT molecular complexity index is 437. The van der Waals surface area contributed by atoms with E-state index in [9.17, 15) is 17.6 Å². The summed E-state index contributed by atoms with van der Waals surface area (Å²) in [5, 5.41) is 2.96. The van der Waals surface area contributed by atoms with Gasteiger partial charge in [0.15, 0.2) is 0 Å². The van der Waals surface area contributed by atoms with Gasteiger partial charge in [-0.2, -0.15) is 13.2 Å². The molecule has 1 aliphatic rings. The Kier molecular flexibility index (Phi) is 3.19. The molecule has 1 aliphatic heterocycles. The second kappa shape index (κ2) is 4.49. The highest BCUT2D eigenvalue weighted by molar-refractivity contribution is 5.31. The Morgan fingerprint density at radius 2 is 1.94 bits per heavy atom. The van der Waals surface area contributed by atoms with Gasteiger partial charge in [0.2, 0.25) is 0 Å². The Morgan fingerprint density at radius 3 is 2.53 bits per heavy atom. The Hall–Kier alpha value is -1.36. The molecule has 1 atom stereocenters. The molecule has 0 radical (unpaired) electrons. The van der Waals surface area contributed by atoms with Crippen molar-refractivity contribution in [1.82, 2.24) is 5.32 Å². The van der Waals surface area contributed by atoms with Crippen LogP contribution in [0.15, 0.2) is 30.4 Å². The zero-order valence-electron chi connectivity index (χ0n) is 8.89. The quantitative estimate of drug-likeness (QED) is 0.590. The SMILES string of the molecule is Fc1c(C2CC=CCN2)cccc1C(F)(F)F. The monoisotopic (exact) mass is 245 g/mol. The molecule has 0 fully saturated rings. The second-order valence-electron chi connectivity index (χ2n) is 3.87. The van der Waals surface area contributed by atoms with Crippen molar-refractivity contribution in [2.75, 3.05) is 6.54 Å². The van der Waals surface area contributed by atoms with Gasteiger partial charge in [-0.05, 0) is 12.5 Å². The average Bonchev–Trinajstić information content (AvgIpc) is 2.29. The first-order valence-electron chi connectivity index (χ1n) is 5.24. The summed E-state index contributed by atoms with van der Waals surface area (Å²) < 4.78 is 51.3. The van der Waals surface area contributed by atoms with Crippen molar-refractivity contribution in [2.45, 2.75) is 18.6 Å². The highest BCUT2D eigenvalue weighted by Gasteiger charge is 2.35. The largest absolute Gasteiger partial charge is 0.419 e. The third kappa shape index (κ3) is 2.49. The minimum atomic E-state index is -4.65. The predicted molar refractivity (Wildman–Crippen MR) is 55.9 cm³/mol. The van der Waals surface area contributed by atoms with Crippen LogP contribution in [0.3, 0.4) is 0 Å². The van der Waals surface area contributed by atoms with E-state index in [0.717, 1.165) is 6.07 Å². The van der Waals surface area contributed by atoms with Gasteiger partial charge in [-0.3, -0.25) is 0 Å². The molecule has 0 saturated carbocycles. The zero-order valence-corrected chi connectivity index (χ0v) is 8.89. The van der Waals surface area contributed by atoms with Crippen molar-refractivity contribution in [3.05, 3.63) is 47.3 Å². The summed E-state index contributed by atoms with van der Waals surface area (Å²) in [5.74, 6) is -1.17. The maximum atomic E-state index is 13.8. The maximum absolute atomic E-state index is 13.8. The standard InChI is InChI=1S/C12H11F4N/c13-11-8(10-6-1-2-7-17-10)4-3-5-9(11)12(14,15)16/h1-5,10,17H,6-7H2. The van der Waals surface area contributed by atoms with E-state index in [1.807, 2.05) is 12.2 Å². The van der Waals surface area contributed by atoms with E-state index in [1.165, 1.54) is 12.1 Å². The van der Waals surface area contributed by atoms with E-state index in [1.54, 1.807) is 0 Å². The molecule has 5 heteroatoms. The summed E-state index contributed by atoms with van der Waals surface area (Å²) in [6.45, 7) is 0.542. The second-order valence-corrected chi connectivity index (χ2v) is 3.87. The lowest BCUT2D eigenvalue weighted by Crippen LogP contribution is -2.25. The summed E-state index contributed by atoms with van der Waals surface area (Å²) in [6.07, 6.45) is -0.453. The third-order valence-electron chi connectivity index (χ3n) is 2.73. The molecule has 0 aliphatic carbocycles. The minimum absolute atomic E-state index is 0.0733. The number of benzene rings is 1. The lowest BCUT2D eigenvalue weighted by molar-refractivity contribution is -0.140. The molecule has 1 aromatic carbocycles. The number of rotatable bonds is 1. The molecule has 92 valence electrons. The first-order valence-corrected chi connectivity index (χ1v) is 5.24. The molecule has 1 nitrogen and oxygen atoms in total. The van der Waals surface area contributed by atoms with Crippen molar-refractivity contribution in [3.63, 3.8) is 0 Å². The lowest BCUT2D eigenvalue weighted by atomic mass is 9.98. The van der Waals surface area contributed by atoms with Crippen molar-refractivity contribution in [1.29, 1.82) is 0 Å². The van der Waals surface area contributed by atoms with E-state index in [2.05, 4.69) is 5.32 Å². The molecule has 17 heavy (non-hydrogen) atoms. The van der Waals surface area contributed by atoms with E-state index in [4.69, 9.17) is 0 Å². The summed E-state index contributed by atoms with van der Waals surface area (Å²) in [7, 11) is 0. The molecular weight excluding hydrogens is 234 g/mol. The molecule has 1 N–H and O–H groups in total. The fraction of sp³-hybridized carbons (Fsp3) is 0.333. The Morgan fingerprint density at radius 1 is 1.18 bits per heavy atom. The van der Waals surface area contributed by atoms with Crippen LogP contribution in [0.4, 0.5) is 17.6 Å². The van der Waals surface area contributed by atoms with Gasteiger partial charge in [0.1, 0.15) is 5.82 Å². The van der Waals surface area contributed by atoms with Gasteiger partial charge in [-0.15, -0.1) is 0 Å². The van der Waals surface area contributed by atoms with Gasteiger partial charge < -0.3 is 5.32 Å². The fourth-order valence-electron chi connectivity index (χ4n) is 1.88. The summed E-state index contributed by atoms with van der Waals surface area (Å²) in [5.41, 5.74) is -1.13. The Labute approximate surface area is 96.1 Å². The minimum Gasteiger partial charge on any atom is -0.306 e. The van der Waals surface area contributed by atoms with Gasteiger partial charge in [-0.1, -0.05) is 24.3 Å². The smallest absolute Gasteiger partial charge is 0.306 e. The van der Waals surface area contributed by atoms with Crippen LogP contribution in [0.5, 0.6) is 0 Å². The third-order valence-corrected chi connectivity index (χ3v) is 2.73. The molecule has 1 aromatic rings. The van der Waals surface area contributed by atoms with Crippen molar-refractivity contribution in [2.24, 2.45) is 0 Å². The lowest BCUT2D eigenvalue weighted by Gasteiger charge is -2.22. The van der Waals surface area contributed by atoms with Gasteiger partial charge >= 0.3 is 6.18 Å². The van der Waals surface area contributed by atoms with Crippen LogP contribution in [0, 0.1) is 5.82 Å². The van der Waals surface area contributed by atoms with Gasteiger partial charge in [-0.25, -0.2) is 4.39 Å². The van der Waals surface area contributed by atoms with E-state index >= 15 is 0 Å². The molecule has 0 saturated heterocycles. The van der Waals surface area contributed by atoms with Gasteiger partial charge in [0.05, 0.1) is 5.56 Å². The zero-order chi connectivity index (χ0) is 12.5. The normalized spacial score (nSPS) is 20.6. The maximum Gasteiger partial charge on any atom is 0.419 e. The van der Waals surface area contributed by atoms with Crippen LogP contribution < -0.4 is 5.32 Å². The highest BCUT2D eigenvalue weighted by atomic mass is 19.4. The molecular formula is C12H11F4N. The number of halogens is 4.